The van der Waals surface area contributed by atoms with Crippen molar-refractivity contribution < 1.29 is 18.3 Å². The Bertz CT molecular complexity index is 571. The summed E-state index contributed by atoms with van der Waals surface area (Å²) in [5.41, 5.74) is 0.845. The second-order valence-corrected chi connectivity index (χ2v) is 4.03. The molecule has 20 heavy (non-hydrogen) atoms. The van der Waals surface area contributed by atoms with Crippen LogP contribution in [0.25, 0.3) is 0 Å². The average Bonchev–Trinajstić information content (AvgIpc) is 2.43. The number of rotatable bonds is 5. The summed E-state index contributed by atoms with van der Waals surface area (Å²) in [5, 5.41) is 2.61. The lowest BCUT2D eigenvalue weighted by Gasteiger charge is -2.07. The molecule has 0 saturated carbocycles. The van der Waals surface area contributed by atoms with E-state index in [1.807, 2.05) is 6.07 Å². The van der Waals surface area contributed by atoms with Crippen molar-refractivity contribution >= 4 is 5.91 Å². The second kappa shape index (κ2) is 6.60. The van der Waals surface area contributed by atoms with Gasteiger partial charge in [-0.05, 0) is 11.6 Å². The Labute approximate surface area is 114 Å². The van der Waals surface area contributed by atoms with Crippen molar-refractivity contribution in [2.75, 3.05) is 6.61 Å². The normalized spacial score (nSPS) is 10.1. The van der Waals surface area contributed by atoms with E-state index in [-0.39, 0.29) is 12.4 Å². The molecule has 0 aliphatic rings. The zero-order valence-corrected chi connectivity index (χ0v) is 10.5. The minimum atomic E-state index is -0.754. The van der Waals surface area contributed by atoms with Gasteiger partial charge >= 0.3 is 0 Å². The standard InChI is InChI=1S/C14H12F2N2O2/c15-11-4-12(16)6-13(5-11)20-9-14(19)18-8-10-2-1-3-17-7-10/h1-7H,8-9H2,(H,18,19). The van der Waals surface area contributed by atoms with E-state index in [4.69, 9.17) is 4.74 Å². The number of hydrogen-bond acceptors (Lipinski definition) is 3. The zero-order chi connectivity index (χ0) is 14.4. The van der Waals surface area contributed by atoms with Crippen LogP contribution in [0, 0.1) is 11.6 Å². The van der Waals surface area contributed by atoms with Gasteiger partial charge in [0, 0.05) is 37.1 Å². The van der Waals surface area contributed by atoms with Crippen LogP contribution in [0.2, 0.25) is 0 Å². The number of pyridine rings is 1. The topological polar surface area (TPSA) is 51.2 Å². The number of nitrogens with one attached hydrogen (secondary N) is 1. The molecule has 2 rings (SSSR count). The van der Waals surface area contributed by atoms with E-state index < -0.39 is 17.5 Å². The predicted molar refractivity (Wildman–Crippen MR) is 67.9 cm³/mol. The second-order valence-electron chi connectivity index (χ2n) is 4.03. The highest BCUT2D eigenvalue weighted by atomic mass is 19.1. The molecule has 0 spiro atoms. The molecule has 104 valence electrons. The van der Waals surface area contributed by atoms with Crippen molar-refractivity contribution in [2.24, 2.45) is 0 Å². The third kappa shape index (κ3) is 4.31. The van der Waals surface area contributed by atoms with Gasteiger partial charge in [-0.3, -0.25) is 9.78 Å². The van der Waals surface area contributed by atoms with Crippen LogP contribution in [0.3, 0.4) is 0 Å². The summed E-state index contributed by atoms with van der Waals surface area (Å²) < 4.78 is 30.8. The van der Waals surface area contributed by atoms with Crippen molar-refractivity contribution in [3.05, 3.63) is 59.9 Å². The van der Waals surface area contributed by atoms with Crippen molar-refractivity contribution in [1.29, 1.82) is 0 Å². The van der Waals surface area contributed by atoms with Gasteiger partial charge < -0.3 is 10.1 Å². The number of aromatic nitrogens is 1. The molecule has 6 heteroatoms. The van der Waals surface area contributed by atoms with E-state index in [1.54, 1.807) is 18.5 Å². The number of ether oxygens (including phenoxy) is 1. The Morgan fingerprint density at radius 2 is 2.00 bits per heavy atom. The van der Waals surface area contributed by atoms with Crippen LogP contribution in [-0.4, -0.2) is 17.5 Å². The van der Waals surface area contributed by atoms with E-state index in [2.05, 4.69) is 10.3 Å². The quantitative estimate of drug-likeness (QED) is 0.910. The molecule has 0 aliphatic heterocycles. The monoisotopic (exact) mass is 278 g/mol. The van der Waals surface area contributed by atoms with Gasteiger partial charge in [-0.2, -0.15) is 0 Å². The molecular weight excluding hydrogens is 266 g/mol. The number of hydrogen-bond donors (Lipinski definition) is 1. The first-order valence-corrected chi connectivity index (χ1v) is 5.88. The molecule has 0 unspecified atom stereocenters. The zero-order valence-electron chi connectivity index (χ0n) is 10.5. The van der Waals surface area contributed by atoms with E-state index in [0.717, 1.165) is 23.8 Å². The number of nitrogens with zero attached hydrogens (tertiary/aromatic N) is 1. The maximum atomic E-state index is 12.9. The fraction of sp³-hybridized carbons (Fsp3) is 0.143. The minimum absolute atomic E-state index is 0.0287. The summed E-state index contributed by atoms with van der Waals surface area (Å²) >= 11 is 0. The average molecular weight is 278 g/mol. The molecular formula is C14H12F2N2O2. The summed E-state index contributed by atoms with van der Waals surface area (Å²) in [7, 11) is 0. The fourth-order valence-electron chi connectivity index (χ4n) is 1.52. The van der Waals surface area contributed by atoms with Gasteiger partial charge in [-0.25, -0.2) is 8.78 Å². The van der Waals surface area contributed by atoms with Crippen LogP contribution in [-0.2, 0) is 11.3 Å². The van der Waals surface area contributed by atoms with Crippen LogP contribution in [0.5, 0.6) is 5.75 Å². The molecule has 0 saturated heterocycles. The maximum absolute atomic E-state index is 12.9. The van der Waals surface area contributed by atoms with Crippen LogP contribution >= 0.6 is 0 Å². The lowest BCUT2D eigenvalue weighted by molar-refractivity contribution is -0.123. The SMILES string of the molecule is O=C(COc1cc(F)cc(F)c1)NCc1cccnc1. The van der Waals surface area contributed by atoms with E-state index in [0.29, 0.717) is 6.54 Å². The van der Waals surface area contributed by atoms with Gasteiger partial charge in [-0.15, -0.1) is 0 Å². The molecule has 0 aliphatic carbocycles. The van der Waals surface area contributed by atoms with Crippen LogP contribution < -0.4 is 10.1 Å². The molecule has 0 radical (unpaired) electrons. The minimum Gasteiger partial charge on any atom is -0.484 e. The number of benzene rings is 1. The summed E-state index contributed by atoms with van der Waals surface area (Å²) in [6.07, 6.45) is 3.26. The van der Waals surface area contributed by atoms with E-state index in [9.17, 15) is 13.6 Å². The summed E-state index contributed by atoms with van der Waals surface area (Å²) in [6, 6.07) is 6.33. The van der Waals surface area contributed by atoms with Gasteiger partial charge in [0.2, 0.25) is 0 Å². The van der Waals surface area contributed by atoms with Gasteiger partial charge in [0.05, 0.1) is 0 Å². The largest absolute Gasteiger partial charge is 0.484 e. The fourth-order valence-corrected chi connectivity index (χ4v) is 1.52. The number of carbonyl (C=O) groups is 1. The van der Waals surface area contributed by atoms with Crippen LogP contribution in [0.15, 0.2) is 42.7 Å². The number of carbonyl (C=O) groups excluding carboxylic acids is 1. The number of amides is 1. The highest BCUT2D eigenvalue weighted by Gasteiger charge is 2.05. The molecule has 0 fully saturated rings. The molecule has 4 nitrogen and oxygen atoms in total. The first-order valence-electron chi connectivity index (χ1n) is 5.88. The predicted octanol–water partition coefficient (Wildman–Crippen LogP) is 2.05. The molecule has 0 bridgehead atoms. The summed E-state index contributed by atoms with van der Waals surface area (Å²) in [4.78, 5) is 15.4. The molecule has 1 amide bonds. The van der Waals surface area contributed by atoms with E-state index in [1.165, 1.54) is 0 Å². The molecule has 1 N–H and O–H groups in total. The summed E-state index contributed by atoms with van der Waals surface area (Å²) in [5.74, 6) is -1.93. The third-order valence-corrected chi connectivity index (χ3v) is 2.42. The highest BCUT2D eigenvalue weighted by molar-refractivity contribution is 5.77. The smallest absolute Gasteiger partial charge is 0.258 e. The maximum Gasteiger partial charge on any atom is 0.258 e. The molecule has 2 aromatic rings. The Balaban J connectivity index is 1.80. The van der Waals surface area contributed by atoms with Gasteiger partial charge in [0.15, 0.2) is 6.61 Å². The Hall–Kier alpha value is -2.50. The molecule has 1 heterocycles. The van der Waals surface area contributed by atoms with Gasteiger partial charge in [-0.1, -0.05) is 6.07 Å². The first-order chi connectivity index (χ1) is 9.63. The van der Waals surface area contributed by atoms with Crippen molar-refractivity contribution in [3.8, 4) is 5.75 Å². The Morgan fingerprint density at radius 1 is 1.25 bits per heavy atom. The van der Waals surface area contributed by atoms with E-state index >= 15 is 0 Å². The Morgan fingerprint density at radius 3 is 2.65 bits per heavy atom. The van der Waals surface area contributed by atoms with Crippen molar-refractivity contribution in [3.63, 3.8) is 0 Å². The Kier molecular flexibility index (Phi) is 4.60. The first kappa shape index (κ1) is 13.9. The third-order valence-electron chi connectivity index (χ3n) is 2.42. The molecule has 1 aromatic carbocycles. The molecule has 1 aromatic heterocycles. The van der Waals surface area contributed by atoms with Gasteiger partial charge in [0.25, 0.3) is 5.91 Å². The number of halogens is 2. The summed E-state index contributed by atoms with van der Waals surface area (Å²) in [6.45, 7) is -0.00327. The van der Waals surface area contributed by atoms with Crippen LogP contribution in [0.4, 0.5) is 8.78 Å². The molecule has 0 atom stereocenters. The lowest BCUT2D eigenvalue weighted by Crippen LogP contribution is -2.28. The van der Waals surface area contributed by atoms with Crippen LogP contribution in [0.1, 0.15) is 5.56 Å². The van der Waals surface area contributed by atoms with Crippen molar-refractivity contribution in [2.45, 2.75) is 6.54 Å². The lowest BCUT2D eigenvalue weighted by atomic mass is 10.3. The van der Waals surface area contributed by atoms with Gasteiger partial charge in [0.1, 0.15) is 17.4 Å². The van der Waals surface area contributed by atoms with Crippen molar-refractivity contribution in [1.82, 2.24) is 10.3 Å². The highest BCUT2D eigenvalue weighted by Crippen LogP contribution is 2.14.